The number of allylic oxidation sites excluding steroid dienone is 1. The van der Waals surface area contributed by atoms with Gasteiger partial charge in [0.15, 0.2) is 5.78 Å². The number of ether oxygens (including phenoxy) is 1. The van der Waals surface area contributed by atoms with E-state index in [2.05, 4.69) is 93.5 Å². The molecule has 3 heteroatoms. The number of halogens is 1. The highest BCUT2D eigenvalue weighted by Gasteiger charge is 2.08. The molecule has 1 unspecified atom stereocenters. The highest BCUT2D eigenvalue weighted by Crippen LogP contribution is 2.19. The van der Waals surface area contributed by atoms with E-state index in [4.69, 9.17) is 4.74 Å². The molecule has 1 atom stereocenters. The molecule has 0 bridgehead atoms. The molecule has 0 heterocycles. The van der Waals surface area contributed by atoms with Gasteiger partial charge in [-0.25, -0.2) is 0 Å². The van der Waals surface area contributed by atoms with Gasteiger partial charge in [-0.05, 0) is 56.4 Å². The molecule has 2 aromatic rings. The summed E-state index contributed by atoms with van der Waals surface area (Å²) in [6.07, 6.45) is 5.53. The van der Waals surface area contributed by atoms with Gasteiger partial charge in [0, 0.05) is 24.1 Å². The monoisotopic (exact) mass is 474 g/mol. The van der Waals surface area contributed by atoms with E-state index in [0.29, 0.717) is 6.42 Å². The predicted molar refractivity (Wildman–Crippen MR) is 134 cm³/mol. The minimum Gasteiger partial charge on any atom is -0.381 e. The number of unbranched alkanes of at least 4 members (excludes halogenated alkanes) is 1. The number of hydrogen-bond acceptors (Lipinski definition) is 2. The van der Waals surface area contributed by atoms with E-state index < -0.39 is 0 Å². The molecule has 2 nitrogen and oxygen atoms in total. The SMILES string of the molecule is C=CC(=O)CC(C)c1ccc(C)cc1.CCCCOCCC.Cc1ccc(Br)cc1. The van der Waals surface area contributed by atoms with Crippen LogP contribution in [-0.4, -0.2) is 19.0 Å². The maximum atomic E-state index is 11.1. The molecule has 0 aliphatic heterocycles. The largest absolute Gasteiger partial charge is 0.381 e. The van der Waals surface area contributed by atoms with E-state index >= 15 is 0 Å². The molecule has 0 saturated heterocycles. The third-order valence-electron chi connectivity index (χ3n) is 4.38. The van der Waals surface area contributed by atoms with Gasteiger partial charge in [-0.2, -0.15) is 0 Å². The van der Waals surface area contributed by atoms with Crippen LogP contribution in [0.15, 0.2) is 65.7 Å². The van der Waals surface area contributed by atoms with E-state index in [1.54, 1.807) is 0 Å². The number of rotatable bonds is 9. The van der Waals surface area contributed by atoms with Gasteiger partial charge in [-0.15, -0.1) is 0 Å². The summed E-state index contributed by atoms with van der Waals surface area (Å²) < 4.78 is 6.36. The van der Waals surface area contributed by atoms with Crippen LogP contribution in [0.25, 0.3) is 0 Å². The number of benzene rings is 2. The Bertz CT molecular complexity index is 663. The van der Waals surface area contributed by atoms with Crippen LogP contribution in [0, 0.1) is 13.8 Å². The van der Waals surface area contributed by atoms with E-state index in [1.807, 2.05) is 12.1 Å². The molecule has 2 aromatic carbocycles. The van der Waals surface area contributed by atoms with Gasteiger partial charge >= 0.3 is 0 Å². The van der Waals surface area contributed by atoms with E-state index in [9.17, 15) is 4.79 Å². The number of carbonyl (C=O) groups excluding carboxylic acids is 1. The van der Waals surface area contributed by atoms with Gasteiger partial charge in [0.1, 0.15) is 0 Å². The average Bonchev–Trinajstić information content (AvgIpc) is 2.74. The van der Waals surface area contributed by atoms with Crippen molar-refractivity contribution in [3.63, 3.8) is 0 Å². The number of carbonyl (C=O) groups is 1. The molecule has 0 amide bonds. The molecule has 166 valence electrons. The molecule has 2 rings (SSSR count). The van der Waals surface area contributed by atoms with Crippen LogP contribution in [0.5, 0.6) is 0 Å². The first-order chi connectivity index (χ1) is 14.3. The summed E-state index contributed by atoms with van der Waals surface area (Å²) in [5.41, 5.74) is 3.76. The first-order valence-corrected chi connectivity index (χ1v) is 11.6. The normalized spacial score (nSPS) is 10.7. The quantitative estimate of drug-likeness (QED) is 0.270. The Labute approximate surface area is 192 Å². The van der Waals surface area contributed by atoms with Crippen LogP contribution < -0.4 is 0 Å². The van der Waals surface area contributed by atoms with Crippen LogP contribution in [0.1, 0.15) is 69.1 Å². The molecule has 0 aromatic heterocycles. The van der Waals surface area contributed by atoms with Gasteiger partial charge in [0.2, 0.25) is 0 Å². The Morgan fingerprint density at radius 3 is 1.93 bits per heavy atom. The third-order valence-corrected chi connectivity index (χ3v) is 4.91. The van der Waals surface area contributed by atoms with Crippen LogP contribution in [0.4, 0.5) is 0 Å². The standard InChI is InChI=1S/C13H16O.C7H7Br.C7H16O/c1-4-13(14)9-11(3)12-7-5-10(2)6-8-12;1-6-2-4-7(8)5-3-6;1-3-5-7-8-6-4-2/h4-8,11H,1,9H2,2-3H3;2-5H,1H3;3-7H2,1-2H3. The van der Waals surface area contributed by atoms with Crippen molar-refractivity contribution in [3.8, 4) is 0 Å². The number of aryl methyl sites for hydroxylation is 2. The number of ketones is 1. The molecular formula is C27H39BrO2. The van der Waals surface area contributed by atoms with Gasteiger partial charge in [-0.3, -0.25) is 4.79 Å². The van der Waals surface area contributed by atoms with Gasteiger partial charge in [0.25, 0.3) is 0 Å². The van der Waals surface area contributed by atoms with Crippen molar-refractivity contribution in [2.45, 2.75) is 66.2 Å². The van der Waals surface area contributed by atoms with Crippen molar-refractivity contribution < 1.29 is 9.53 Å². The summed E-state index contributed by atoms with van der Waals surface area (Å²) in [5.74, 6) is 0.388. The maximum absolute atomic E-state index is 11.1. The highest BCUT2D eigenvalue weighted by atomic mass is 79.9. The van der Waals surface area contributed by atoms with Crippen molar-refractivity contribution in [2.24, 2.45) is 0 Å². The summed E-state index contributed by atoms with van der Waals surface area (Å²) >= 11 is 3.35. The van der Waals surface area contributed by atoms with Crippen molar-refractivity contribution in [2.75, 3.05) is 13.2 Å². The van der Waals surface area contributed by atoms with Crippen molar-refractivity contribution in [3.05, 3.63) is 82.3 Å². The lowest BCUT2D eigenvalue weighted by Crippen LogP contribution is -2.01. The molecule has 0 N–H and O–H groups in total. The second kappa shape index (κ2) is 18.1. The first-order valence-electron chi connectivity index (χ1n) is 10.9. The molecular weight excluding hydrogens is 436 g/mol. The summed E-state index contributed by atoms with van der Waals surface area (Å²) in [6, 6.07) is 16.5. The maximum Gasteiger partial charge on any atom is 0.155 e. The van der Waals surface area contributed by atoms with Crippen LogP contribution in [0.3, 0.4) is 0 Å². The van der Waals surface area contributed by atoms with Crippen molar-refractivity contribution in [1.29, 1.82) is 0 Å². The lowest BCUT2D eigenvalue weighted by Gasteiger charge is -2.09. The van der Waals surface area contributed by atoms with Crippen molar-refractivity contribution >= 4 is 21.7 Å². The van der Waals surface area contributed by atoms with Gasteiger partial charge in [0.05, 0.1) is 0 Å². The zero-order chi connectivity index (χ0) is 22.8. The van der Waals surface area contributed by atoms with E-state index in [-0.39, 0.29) is 11.7 Å². The lowest BCUT2D eigenvalue weighted by atomic mass is 9.95. The summed E-state index contributed by atoms with van der Waals surface area (Å²) in [4.78, 5) is 11.1. The molecule has 0 saturated carbocycles. The molecule has 0 aliphatic carbocycles. The second-order valence-electron chi connectivity index (χ2n) is 7.45. The Kier molecular flexibility index (Phi) is 17.1. The first kappa shape index (κ1) is 28.3. The van der Waals surface area contributed by atoms with Gasteiger partial charge < -0.3 is 4.74 Å². The fourth-order valence-corrected chi connectivity index (χ4v) is 2.69. The minimum absolute atomic E-state index is 0.109. The Balaban J connectivity index is 0.000000451. The summed E-state index contributed by atoms with van der Waals surface area (Å²) in [5, 5.41) is 0. The average molecular weight is 476 g/mol. The number of hydrogen-bond donors (Lipinski definition) is 0. The Hall–Kier alpha value is -1.71. The third kappa shape index (κ3) is 15.2. The van der Waals surface area contributed by atoms with Crippen molar-refractivity contribution in [1.82, 2.24) is 0 Å². The molecule has 0 radical (unpaired) electrons. The fourth-order valence-electron chi connectivity index (χ4n) is 2.42. The van der Waals surface area contributed by atoms with E-state index in [1.165, 1.54) is 35.6 Å². The Morgan fingerprint density at radius 2 is 1.50 bits per heavy atom. The van der Waals surface area contributed by atoms with Gasteiger partial charge in [-0.1, -0.05) is 97.2 Å². The zero-order valence-electron chi connectivity index (χ0n) is 19.4. The summed E-state index contributed by atoms with van der Waals surface area (Å²) in [7, 11) is 0. The Morgan fingerprint density at radius 1 is 0.967 bits per heavy atom. The van der Waals surface area contributed by atoms with E-state index in [0.717, 1.165) is 24.1 Å². The zero-order valence-corrected chi connectivity index (χ0v) is 21.0. The van der Waals surface area contributed by atoms with Crippen LogP contribution >= 0.6 is 15.9 Å². The minimum atomic E-state index is 0.109. The van der Waals surface area contributed by atoms with Crippen LogP contribution in [-0.2, 0) is 9.53 Å². The highest BCUT2D eigenvalue weighted by molar-refractivity contribution is 9.10. The molecule has 30 heavy (non-hydrogen) atoms. The molecule has 0 aliphatic rings. The second-order valence-corrected chi connectivity index (χ2v) is 8.36. The predicted octanol–water partition coefficient (Wildman–Crippen LogP) is 8.21. The molecule has 0 fully saturated rings. The lowest BCUT2D eigenvalue weighted by molar-refractivity contribution is -0.114. The summed E-state index contributed by atoms with van der Waals surface area (Å²) in [6.45, 7) is 15.9. The van der Waals surface area contributed by atoms with Crippen LogP contribution in [0.2, 0.25) is 0 Å². The smallest absolute Gasteiger partial charge is 0.155 e. The molecule has 0 spiro atoms. The topological polar surface area (TPSA) is 26.3 Å². The fraction of sp³-hybridized carbons (Fsp3) is 0.444.